The zero-order valence-electron chi connectivity index (χ0n) is 13.1. The average Bonchev–Trinajstić information content (AvgIpc) is 2.53. The molecule has 24 heavy (non-hydrogen) atoms. The van der Waals surface area contributed by atoms with E-state index in [9.17, 15) is 9.18 Å². The topological polar surface area (TPSA) is 56.8 Å². The van der Waals surface area contributed by atoms with Crippen molar-refractivity contribution in [2.75, 3.05) is 19.8 Å². The Kier molecular flexibility index (Phi) is 6.69. The lowest BCUT2D eigenvalue weighted by Crippen LogP contribution is -2.28. The van der Waals surface area contributed by atoms with Gasteiger partial charge >= 0.3 is 6.09 Å². The highest BCUT2D eigenvalue weighted by atomic mass is 35.5. The van der Waals surface area contributed by atoms with Crippen molar-refractivity contribution in [3.63, 3.8) is 0 Å². The monoisotopic (exact) mass is 353 g/mol. The zero-order valence-corrected chi connectivity index (χ0v) is 13.8. The molecule has 0 aliphatic carbocycles. The fourth-order valence-electron chi connectivity index (χ4n) is 1.82. The molecule has 5 nitrogen and oxygen atoms in total. The van der Waals surface area contributed by atoms with Crippen LogP contribution in [0.4, 0.5) is 9.18 Å². The predicted octanol–water partition coefficient (Wildman–Crippen LogP) is 4.40. The number of rotatable bonds is 7. The van der Waals surface area contributed by atoms with Gasteiger partial charge in [-0.25, -0.2) is 9.18 Å². The third-order valence-corrected chi connectivity index (χ3v) is 3.13. The highest BCUT2D eigenvalue weighted by Crippen LogP contribution is 2.31. The van der Waals surface area contributed by atoms with Gasteiger partial charge < -0.3 is 19.5 Å². The molecule has 0 bridgehead atoms. The zero-order chi connectivity index (χ0) is 17.4. The van der Waals surface area contributed by atoms with Crippen LogP contribution in [0.3, 0.4) is 0 Å². The van der Waals surface area contributed by atoms with E-state index in [4.69, 9.17) is 25.8 Å². The fraction of sp³-hybridized carbons (Fsp3) is 0.235. The second-order valence-corrected chi connectivity index (χ2v) is 5.05. The summed E-state index contributed by atoms with van der Waals surface area (Å²) in [5, 5.41) is 2.88. The molecule has 0 aliphatic heterocycles. The number of nitrogens with one attached hydrogen (secondary N) is 1. The Morgan fingerprint density at radius 3 is 2.71 bits per heavy atom. The van der Waals surface area contributed by atoms with E-state index in [1.54, 1.807) is 37.3 Å². The molecule has 0 aliphatic rings. The minimum absolute atomic E-state index is 0.239. The van der Waals surface area contributed by atoms with Crippen molar-refractivity contribution in [3.8, 4) is 17.2 Å². The summed E-state index contributed by atoms with van der Waals surface area (Å²) < 4.78 is 28.8. The van der Waals surface area contributed by atoms with E-state index in [1.807, 2.05) is 0 Å². The Morgan fingerprint density at radius 1 is 1.21 bits per heavy atom. The summed E-state index contributed by atoms with van der Waals surface area (Å²) in [6.07, 6.45) is -0.494. The van der Waals surface area contributed by atoms with Gasteiger partial charge in [0.25, 0.3) is 0 Å². The summed E-state index contributed by atoms with van der Waals surface area (Å²) in [7, 11) is 0. The number of hydrogen-bond acceptors (Lipinski definition) is 4. The highest BCUT2D eigenvalue weighted by Gasteiger charge is 2.06. The maximum absolute atomic E-state index is 13.1. The van der Waals surface area contributed by atoms with Crippen LogP contribution in [-0.2, 0) is 4.74 Å². The Balaban J connectivity index is 1.86. The van der Waals surface area contributed by atoms with Crippen molar-refractivity contribution < 1.29 is 23.4 Å². The maximum atomic E-state index is 13.1. The normalized spacial score (nSPS) is 10.1. The molecule has 2 aromatic carbocycles. The average molecular weight is 354 g/mol. The van der Waals surface area contributed by atoms with Crippen LogP contribution in [0.15, 0.2) is 42.5 Å². The van der Waals surface area contributed by atoms with Gasteiger partial charge in [-0.15, -0.1) is 0 Å². The standard InChI is InChI=1S/C17H17ClFNO4/c1-2-22-17(21)20-8-9-23-16-7-6-14(11-15(16)18)24-13-5-3-4-12(19)10-13/h3-7,10-11H,2,8-9H2,1H3,(H,20,21). The lowest BCUT2D eigenvalue weighted by Gasteiger charge is -2.11. The second kappa shape index (κ2) is 8.98. The predicted molar refractivity (Wildman–Crippen MR) is 88.4 cm³/mol. The minimum atomic E-state index is -0.494. The third-order valence-electron chi connectivity index (χ3n) is 2.84. The Morgan fingerprint density at radius 2 is 2.00 bits per heavy atom. The second-order valence-electron chi connectivity index (χ2n) is 4.65. The summed E-state index contributed by atoms with van der Waals surface area (Å²) >= 11 is 6.13. The molecular weight excluding hydrogens is 337 g/mol. The first kappa shape index (κ1) is 17.9. The Hall–Kier alpha value is -2.47. The fourth-order valence-corrected chi connectivity index (χ4v) is 2.05. The summed E-state index contributed by atoms with van der Waals surface area (Å²) in [5.74, 6) is 0.905. The van der Waals surface area contributed by atoms with Gasteiger partial charge in [0.05, 0.1) is 18.2 Å². The van der Waals surface area contributed by atoms with Gasteiger partial charge in [0.1, 0.15) is 29.7 Å². The van der Waals surface area contributed by atoms with Crippen LogP contribution in [0.5, 0.6) is 17.2 Å². The molecule has 7 heteroatoms. The first-order valence-corrected chi connectivity index (χ1v) is 7.72. The van der Waals surface area contributed by atoms with E-state index in [-0.39, 0.29) is 19.0 Å². The van der Waals surface area contributed by atoms with Gasteiger partial charge in [-0.05, 0) is 31.2 Å². The van der Waals surface area contributed by atoms with Crippen molar-refractivity contribution in [1.82, 2.24) is 5.32 Å². The summed E-state index contributed by atoms with van der Waals surface area (Å²) in [6, 6.07) is 10.7. The SMILES string of the molecule is CCOC(=O)NCCOc1ccc(Oc2cccc(F)c2)cc1Cl. The van der Waals surface area contributed by atoms with Crippen molar-refractivity contribution in [1.29, 1.82) is 0 Å². The largest absolute Gasteiger partial charge is 0.490 e. The van der Waals surface area contributed by atoms with E-state index in [2.05, 4.69) is 5.32 Å². The van der Waals surface area contributed by atoms with Crippen LogP contribution >= 0.6 is 11.6 Å². The molecular formula is C17H17ClFNO4. The van der Waals surface area contributed by atoms with Crippen LogP contribution in [-0.4, -0.2) is 25.9 Å². The molecule has 0 radical (unpaired) electrons. The number of benzene rings is 2. The van der Waals surface area contributed by atoms with E-state index < -0.39 is 6.09 Å². The van der Waals surface area contributed by atoms with Gasteiger partial charge in [-0.2, -0.15) is 0 Å². The minimum Gasteiger partial charge on any atom is -0.490 e. The smallest absolute Gasteiger partial charge is 0.407 e. The van der Waals surface area contributed by atoms with Crippen LogP contribution in [0, 0.1) is 5.82 Å². The molecule has 0 saturated heterocycles. The number of hydrogen-bond donors (Lipinski definition) is 1. The van der Waals surface area contributed by atoms with Crippen LogP contribution in [0.2, 0.25) is 5.02 Å². The molecule has 1 amide bonds. The van der Waals surface area contributed by atoms with Gasteiger partial charge in [0.15, 0.2) is 0 Å². The molecule has 0 saturated carbocycles. The maximum Gasteiger partial charge on any atom is 0.407 e. The molecule has 0 spiro atoms. The molecule has 128 valence electrons. The first-order valence-electron chi connectivity index (χ1n) is 7.35. The third kappa shape index (κ3) is 5.62. The molecule has 2 rings (SSSR count). The molecule has 2 aromatic rings. The van der Waals surface area contributed by atoms with Crippen LogP contribution < -0.4 is 14.8 Å². The van der Waals surface area contributed by atoms with Gasteiger partial charge in [-0.1, -0.05) is 17.7 Å². The van der Waals surface area contributed by atoms with Crippen molar-refractivity contribution >= 4 is 17.7 Å². The molecule has 0 fully saturated rings. The van der Waals surface area contributed by atoms with Gasteiger partial charge in [0, 0.05) is 12.1 Å². The summed E-state index contributed by atoms with van der Waals surface area (Å²) in [4.78, 5) is 11.1. The lowest BCUT2D eigenvalue weighted by molar-refractivity contribution is 0.150. The number of amides is 1. The van der Waals surface area contributed by atoms with E-state index >= 15 is 0 Å². The molecule has 0 atom stereocenters. The van der Waals surface area contributed by atoms with E-state index in [0.717, 1.165) is 0 Å². The Bertz CT molecular complexity index is 696. The first-order chi connectivity index (χ1) is 11.6. The Labute approximate surface area is 144 Å². The lowest BCUT2D eigenvalue weighted by atomic mass is 10.3. The number of ether oxygens (including phenoxy) is 3. The quantitative estimate of drug-likeness (QED) is 0.750. The van der Waals surface area contributed by atoms with Crippen molar-refractivity contribution in [2.24, 2.45) is 0 Å². The van der Waals surface area contributed by atoms with E-state index in [1.165, 1.54) is 12.1 Å². The molecule has 0 unspecified atom stereocenters. The van der Waals surface area contributed by atoms with E-state index in [0.29, 0.717) is 28.9 Å². The van der Waals surface area contributed by atoms with Crippen LogP contribution in [0.1, 0.15) is 6.92 Å². The number of carbonyl (C=O) groups is 1. The van der Waals surface area contributed by atoms with Crippen molar-refractivity contribution in [3.05, 3.63) is 53.3 Å². The van der Waals surface area contributed by atoms with Crippen molar-refractivity contribution in [2.45, 2.75) is 6.92 Å². The number of carbonyl (C=O) groups excluding carboxylic acids is 1. The summed E-state index contributed by atoms with van der Waals surface area (Å²) in [5.41, 5.74) is 0. The molecule has 1 N–H and O–H groups in total. The molecule has 0 heterocycles. The number of alkyl carbamates (subject to hydrolysis) is 1. The van der Waals surface area contributed by atoms with Crippen LogP contribution in [0.25, 0.3) is 0 Å². The number of halogens is 2. The summed E-state index contributed by atoms with van der Waals surface area (Å²) in [6.45, 7) is 2.56. The van der Waals surface area contributed by atoms with Gasteiger partial charge in [0.2, 0.25) is 0 Å². The molecule has 0 aromatic heterocycles. The highest BCUT2D eigenvalue weighted by molar-refractivity contribution is 6.32. The van der Waals surface area contributed by atoms with Gasteiger partial charge in [-0.3, -0.25) is 0 Å².